The van der Waals surface area contributed by atoms with Crippen LogP contribution < -0.4 is 18.9 Å². The van der Waals surface area contributed by atoms with Gasteiger partial charge in [-0.2, -0.15) is 20.5 Å². The number of aryl methyl sites for hydroxylation is 1. The first-order valence-electron chi connectivity index (χ1n) is 8.82. The fourth-order valence-corrected chi connectivity index (χ4v) is 4.25. The molecule has 28 heavy (non-hydrogen) atoms. The number of carbonyl (C=O) groups is 1. The van der Waals surface area contributed by atoms with E-state index >= 15 is 0 Å². The number of carbonyl (C=O) groups excluding carboxylic acids is 1. The predicted molar refractivity (Wildman–Crippen MR) is 99.8 cm³/mol. The Morgan fingerprint density at radius 2 is 1.75 bits per heavy atom. The molecule has 0 amide bonds. The third kappa shape index (κ3) is 3.73. The van der Waals surface area contributed by atoms with Crippen LogP contribution in [0.1, 0.15) is 28.8 Å². The number of thioether (sulfide) groups is 1. The number of alkyl halides is 2. The van der Waals surface area contributed by atoms with Crippen molar-refractivity contribution in [1.29, 1.82) is 0 Å². The van der Waals surface area contributed by atoms with E-state index in [0.29, 0.717) is 18.6 Å². The summed E-state index contributed by atoms with van der Waals surface area (Å²) in [4.78, 5) is 12.7. The summed E-state index contributed by atoms with van der Waals surface area (Å²) >= 11 is 1.76. The van der Waals surface area contributed by atoms with Crippen LogP contribution in [0.3, 0.4) is 0 Å². The first-order chi connectivity index (χ1) is 13.5. The molecule has 148 valence electrons. The van der Waals surface area contributed by atoms with E-state index in [2.05, 4.69) is 4.74 Å². The van der Waals surface area contributed by atoms with Crippen LogP contribution in [0, 0.1) is 6.92 Å². The molecular weight excluding hydrogens is 390 g/mol. The van der Waals surface area contributed by atoms with Gasteiger partial charge in [0.2, 0.25) is 5.75 Å². The summed E-state index contributed by atoms with van der Waals surface area (Å²) in [5.41, 5.74) is 1.13. The van der Waals surface area contributed by atoms with E-state index in [0.717, 1.165) is 17.1 Å². The Labute approximate surface area is 164 Å². The van der Waals surface area contributed by atoms with Crippen molar-refractivity contribution < 1.29 is 32.5 Å². The van der Waals surface area contributed by atoms with E-state index in [1.807, 2.05) is 19.1 Å². The van der Waals surface area contributed by atoms with Crippen LogP contribution in [0.5, 0.6) is 23.0 Å². The van der Waals surface area contributed by atoms with E-state index < -0.39 is 18.4 Å². The highest BCUT2D eigenvalue weighted by Gasteiger charge is 2.46. The van der Waals surface area contributed by atoms with Gasteiger partial charge in [-0.05, 0) is 31.2 Å². The number of rotatable bonds is 4. The summed E-state index contributed by atoms with van der Waals surface area (Å²) < 4.78 is 47.5. The Morgan fingerprint density at radius 3 is 2.43 bits per heavy atom. The maximum Gasteiger partial charge on any atom is 0.387 e. The number of halogens is 2. The lowest BCUT2D eigenvalue weighted by atomic mass is 10.1. The topological polar surface area (TPSA) is 54.0 Å². The second-order valence-electron chi connectivity index (χ2n) is 6.58. The zero-order valence-corrected chi connectivity index (χ0v) is 15.9. The molecule has 2 aromatic carbocycles. The van der Waals surface area contributed by atoms with Crippen LogP contribution in [-0.4, -0.2) is 29.9 Å². The number of benzene rings is 2. The Morgan fingerprint density at radius 1 is 1.07 bits per heavy atom. The van der Waals surface area contributed by atoms with Crippen molar-refractivity contribution in [2.24, 2.45) is 0 Å². The Bertz CT molecular complexity index is 879. The van der Waals surface area contributed by atoms with Crippen LogP contribution in [0.25, 0.3) is 0 Å². The smallest absolute Gasteiger partial charge is 0.387 e. The molecule has 2 heterocycles. The summed E-state index contributed by atoms with van der Waals surface area (Å²) in [5.74, 6) is 0.312. The van der Waals surface area contributed by atoms with E-state index in [1.54, 1.807) is 23.9 Å². The largest absolute Gasteiger partial charge is 0.447 e. The predicted octanol–water partition coefficient (Wildman–Crippen LogP) is 4.81. The zero-order valence-electron chi connectivity index (χ0n) is 15.1. The van der Waals surface area contributed by atoms with Gasteiger partial charge in [0.25, 0.3) is 5.79 Å². The summed E-state index contributed by atoms with van der Waals surface area (Å²) in [6.07, 6.45) is 1.15. The van der Waals surface area contributed by atoms with Gasteiger partial charge >= 0.3 is 12.6 Å². The lowest BCUT2D eigenvalue weighted by Crippen LogP contribution is -2.42. The average molecular weight is 408 g/mol. The van der Waals surface area contributed by atoms with Crippen LogP contribution in [-0.2, 0) is 0 Å². The van der Waals surface area contributed by atoms with Crippen molar-refractivity contribution in [2.75, 3.05) is 11.5 Å². The number of esters is 1. The van der Waals surface area contributed by atoms with Crippen LogP contribution in [0.15, 0.2) is 36.4 Å². The van der Waals surface area contributed by atoms with E-state index in [4.69, 9.17) is 14.2 Å². The van der Waals surface area contributed by atoms with Crippen LogP contribution in [0.2, 0.25) is 0 Å². The molecule has 1 spiro atoms. The van der Waals surface area contributed by atoms with Gasteiger partial charge < -0.3 is 18.9 Å². The molecule has 0 aliphatic carbocycles. The highest BCUT2D eigenvalue weighted by molar-refractivity contribution is 7.99. The Hall–Kier alpha value is -2.48. The van der Waals surface area contributed by atoms with Crippen LogP contribution >= 0.6 is 11.8 Å². The standard InChI is InChI=1S/C20H18F2O5S/c1-12-2-4-13(5-3-12)24-18(23)14-6-7-15(25-19(21)22)17-16(14)26-20(27-17)8-10-28-11-9-20/h2-7,19H,8-11H2,1H3. The lowest BCUT2D eigenvalue weighted by molar-refractivity contribution is -0.0894. The molecule has 0 N–H and O–H groups in total. The highest BCUT2D eigenvalue weighted by atomic mass is 32.2. The van der Waals surface area contributed by atoms with Gasteiger partial charge in [-0.15, -0.1) is 0 Å². The monoisotopic (exact) mass is 408 g/mol. The summed E-state index contributed by atoms with van der Waals surface area (Å²) in [5, 5.41) is 0. The van der Waals surface area contributed by atoms with Crippen molar-refractivity contribution in [2.45, 2.75) is 32.2 Å². The minimum atomic E-state index is -3.02. The molecule has 2 aliphatic heterocycles. The maximum absolute atomic E-state index is 12.8. The maximum atomic E-state index is 12.8. The molecular formula is C20H18F2O5S. The van der Waals surface area contributed by atoms with Crippen LogP contribution in [0.4, 0.5) is 8.78 Å². The quantitative estimate of drug-likeness (QED) is 0.535. The highest BCUT2D eigenvalue weighted by Crippen LogP contribution is 2.52. The second-order valence-corrected chi connectivity index (χ2v) is 7.80. The van der Waals surface area contributed by atoms with Crippen molar-refractivity contribution in [3.63, 3.8) is 0 Å². The summed E-state index contributed by atoms with van der Waals surface area (Å²) in [7, 11) is 0. The van der Waals surface area contributed by atoms with Gasteiger partial charge in [0.15, 0.2) is 11.5 Å². The zero-order chi connectivity index (χ0) is 19.7. The molecule has 0 bridgehead atoms. The molecule has 2 aliphatic rings. The molecule has 5 nitrogen and oxygen atoms in total. The van der Waals surface area contributed by atoms with Crippen molar-refractivity contribution in [3.8, 4) is 23.0 Å². The first kappa shape index (κ1) is 18.9. The minimum absolute atomic E-state index is 0.0190. The van der Waals surface area contributed by atoms with Gasteiger partial charge in [0, 0.05) is 24.3 Å². The summed E-state index contributed by atoms with van der Waals surface area (Å²) in [6, 6.07) is 9.63. The molecule has 0 atom stereocenters. The first-order valence-corrected chi connectivity index (χ1v) is 9.98. The number of hydrogen-bond donors (Lipinski definition) is 0. The normalized spacial score (nSPS) is 17.0. The molecule has 0 saturated carbocycles. The Kier molecular flexibility index (Phi) is 5.05. The SMILES string of the molecule is Cc1ccc(OC(=O)c2ccc(OC(F)F)c3c2OC2(CCSCC2)O3)cc1. The molecule has 0 unspecified atom stereocenters. The summed E-state index contributed by atoms with van der Waals surface area (Å²) in [6.45, 7) is -1.09. The molecule has 2 aromatic rings. The molecule has 8 heteroatoms. The fourth-order valence-electron chi connectivity index (χ4n) is 3.14. The van der Waals surface area contributed by atoms with Gasteiger partial charge in [-0.1, -0.05) is 17.7 Å². The van der Waals surface area contributed by atoms with Crippen molar-refractivity contribution in [3.05, 3.63) is 47.5 Å². The van der Waals surface area contributed by atoms with Crippen molar-refractivity contribution >= 4 is 17.7 Å². The molecule has 4 rings (SSSR count). The minimum Gasteiger partial charge on any atom is -0.447 e. The number of fused-ring (bicyclic) bond motifs is 1. The number of ether oxygens (including phenoxy) is 4. The average Bonchev–Trinajstić information content (AvgIpc) is 3.03. The Balaban J connectivity index is 1.66. The third-order valence-corrected chi connectivity index (χ3v) is 5.56. The molecule has 0 radical (unpaired) electrons. The van der Waals surface area contributed by atoms with Gasteiger partial charge in [-0.25, -0.2) is 4.79 Å². The fraction of sp³-hybridized carbons (Fsp3) is 0.350. The number of hydrogen-bond acceptors (Lipinski definition) is 6. The molecule has 1 saturated heterocycles. The second kappa shape index (κ2) is 7.50. The van der Waals surface area contributed by atoms with Gasteiger partial charge in [-0.3, -0.25) is 0 Å². The molecule has 1 fully saturated rings. The van der Waals surface area contributed by atoms with E-state index in [1.165, 1.54) is 12.1 Å². The van der Waals surface area contributed by atoms with Gasteiger partial charge in [0.1, 0.15) is 11.3 Å². The lowest BCUT2D eigenvalue weighted by Gasteiger charge is -2.31. The molecule has 0 aromatic heterocycles. The van der Waals surface area contributed by atoms with E-state index in [-0.39, 0.29) is 22.8 Å². The van der Waals surface area contributed by atoms with Gasteiger partial charge in [0.05, 0.1) is 0 Å². The van der Waals surface area contributed by atoms with Crippen molar-refractivity contribution in [1.82, 2.24) is 0 Å². The third-order valence-electron chi connectivity index (χ3n) is 4.57. The van der Waals surface area contributed by atoms with E-state index in [9.17, 15) is 13.6 Å².